The fraction of sp³-hybridized carbons (Fsp3) is 0.875. The van der Waals surface area contributed by atoms with Crippen LogP contribution in [0.2, 0.25) is 0 Å². The van der Waals surface area contributed by atoms with E-state index in [4.69, 9.17) is 0 Å². The van der Waals surface area contributed by atoms with Gasteiger partial charge in [-0.3, -0.25) is 9.69 Å². The fourth-order valence-electron chi connectivity index (χ4n) is 3.46. The Labute approximate surface area is 133 Å². The van der Waals surface area contributed by atoms with Gasteiger partial charge in [0.15, 0.2) is 0 Å². The van der Waals surface area contributed by atoms with Crippen molar-refractivity contribution in [3.8, 4) is 0 Å². The zero-order valence-corrected chi connectivity index (χ0v) is 13.8. The molecule has 1 saturated carbocycles. The van der Waals surface area contributed by atoms with Crippen molar-refractivity contribution in [1.29, 1.82) is 0 Å². The molecule has 1 saturated heterocycles. The van der Waals surface area contributed by atoms with Gasteiger partial charge in [-0.1, -0.05) is 44.9 Å². The summed E-state index contributed by atoms with van der Waals surface area (Å²) in [5, 5.41) is 3.01. The van der Waals surface area contributed by atoms with Gasteiger partial charge in [-0.2, -0.15) is 12.6 Å². The summed E-state index contributed by atoms with van der Waals surface area (Å²) >= 11 is 4.19. The van der Waals surface area contributed by atoms with Crippen LogP contribution in [0, 0.1) is 0 Å². The summed E-state index contributed by atoms with van der Waals surface area (Å²) in [6.07, 6.45) is 11.5. The molecular formula is C16H28N2O2S. The van der Waals surface area contributed by atoms with Crippen LogP contribution in [-0.4, -0.2) is 34.7 Å². The smallest absolute Gasteiger partial charge is 0.323 e. The maximum atomic E-state index is 12.7. The van der Waals surface area contributed by atoms with Crippen LogP contribution in [0.5, 0.6) is 0 Å². The third-order valence-electron chi connectivity index (χ3n) is 4.74. The Morgan fingerprint density at radius 1 is 0.952 bits per heavy atom. The Morgan fingerprint density at radius 2 is 1.57 bits per heavy atom. The Bertz CT molecular complexity index is 365. The number of amides is 3. The lowest BCUT2D eigenvalue weighted by Crippen LogP contribution is -2.47. The van der Waals surface area contributed by atoms with Gasteiger partial charge in [0.05, 0.1) is 0 Å². The van der Waals surface area contributed by atoms with Crippen molar-refractivity contribution >= 4 is 24.6 Å². The lowest BCUT2D eigenvalue weighted by Gasteiger charge is -2.28. The predicted molar refractivity (Wildman–Crippen MR) is 87.6 cm³/mol. The van der Waals surface area contributed by atoms with Crippen molar-refractivity contribution in [2.24, 2.45) is 0 Å². The van der Waals surface area contributed by atoms with E-state index >= 15 is 0 Å². The Balaban J connectivity index is 1.88. The first-order chi connectivity index (χ1) is 10.2. The molecule has 0 radical (unpaired) electrons. The molecule has 1 aliphatic carbocycles. The van der Waals surface area contributed by atoms with E-state index in [1.54, 1.807) is 0 Å². The van der Waals surface area contributed by atoms with Crippen LogP contribution in [0.25, 0.3) is 0 Å². The minimum Gasteiger partial charge on any atom is -0.323 e. The molecule has 4 nitrogen and oxygen atoms in total. The summed E-state index contributed by atoms with van der Waals surface area (Å²) in [5.74, 6) is 0.940. The highest BCUT2D eigenvalue weighted by Gasteiger charge is 2.49. The predicted octanol–water partition coefficient (Wildman–Crippen LogP) is 3.51. The Kier molecular flexibility index (Phi) is 6.40. The maximum absolute atomic E-state index is 12.7. The zero-order chi connectivity index (χ0) is 15.1. The first-order valence-electron chi connectivity index (χ1n) is 8.45. The molecule has 120 valence electrons. The molecule has 1 aliphatic heterocycles. The van der Waals surface area contributed by atoms with Gasteiger partial charge in [0.1, 0.15) is 5.54 Å². The van der Waals surface area contributed by atoms with E-state index in [0.29, 0.717) is 6.54 Å². The van der Waals surface area contributed by atoms with Crippen molar-refractivity contribution in [3.05, 3.63) is 0 Å². The molecule has 0 unspecified atom stereocenters. The number of urea groups is 1. The number of carbonyl (C=O) groups is 2. The van der Waals surface area contributed by atoms with Crippen molar-refractivity contribution in [3.63, 3.8) is 0 Å². The third kappa shape index (κ3) is 4.15. The summed E-state index contributed by atoms with van der Waals surface area (Å²) in [4.78, 5) is 26.3. The number of thiol groups is 1. The lowest BCUT2D eigenvalue weighted by atomic mass is 9.84. The topological polar surface area (TPSA) is 49.4 Å². The van der Waals surface area contributed by atoms with Crippen LogP contribution in [-0.2, 0) is 4.79 Å². The number of rotatable bonds is 6. The minimum atomic E-state index is -0.581. The summed E-state index contributed by atoms with van der Waals surface area (Å²) in [6.45, 7) is 0.568. The normalized spacial score (nSPS) is 22.2. The standard InChI is InChI=1S/C16H28N2O2S/c19-14-16(10-6-2-1-3-7-11-16)17-15(20)18(14)12-8-4-5-9-13-21/h21H,1-13H2,(H,17,20). The van der Waals surface area contributed by atoms with Gasteiger partial charge >= 0.3 is 6.03 Å². The summed E-state index contributed by atoms with van der Waals surface area (Å²) in [5.41, 5.74) is -0.581. The molecule has 1 spiro atoms. The molecule has 0 atom stereocenters. The van der Waals surface area contributed by atoms with Gasteiger partial charge in [0.2, 0.25) is 0 Å². The zero-order valence-electron chi connectivity index (χ0n) is 12.9. The van der Waals surface area contributed by atoms with E-state index in [0.717, 1.165) is 57.1 Å². The van der Waals surface area contributed by atoms with Crippen LogP contribution in [0.1, 0.15) is 70.6 Å². The van der Waals surface area contributed by atoms with Crippen molar-refractivity contribution < 1.29 is 9.59 Å². The second-order valence-electron chi connectivity index (χ2n) is 6.37. The van der Waals surface area contributed by atoms with Gasteiger partial charge in [0, 0.05) is 6.54 Å². The molecule has 2 rings (SSSR count). The van der Waals surface area contributed by atoms with E-state index in [2.05, 4.69) is 17.9 Å². The average molecular weight is 312 g/mol. The van der Waals surface area contributed by atoms with E-state index < -0.39 is 5.54 Å². The molecule has 5 heteroatoms. The van der Waals surface area contributed by atoms with Crippen LogP contribution >= 0.6 is 12.6 Å². The largest absolute Gasteiger partial charge is 0.325 e. The molecule has 21 heavy (non-hydrogen) atoms. The van der Waals surface area contributed by atoms with Crippen LogP contribution in [0.4, 0.5) is 4.79 Å². The van der Waals surface area contributed by atoms with E-state index in [-0.39, 0.29) is 11.9 Å². The molecule has 1 N–H and O–H groups in total. The minimum absolute atomic E-state index is 0.0311. The van der Waals surface area contributed by atoms with Gasteiger partial charge < -0.3 is 5.32 Å². The first kappa shape index (κ1) is 16.7. The molecule has 0 bridgehead atoms. The lowest BCUT2D eigenvalue weighted by molar-refractivity contribution is -0.132. The molecule has 3 amide bonds. The first-order valence-corrected chi connectivity index (χ1v) is 9.08. The molecule has 0 aromatic heterocycles. The summed E-state index contributed by atoms with van der Waals surface area (Å²) < 4.78 is 0. The molecule has 0 aromatic rings. The summed E-state index contributed by atoms with van der Waals surface area (Å²) in [6, 6.07) is -0.172. The van der Waals surface area contributed by atoms with Crippen LogP contribution in [0.15, 0.2) is 0 Å². The van der Waals surface area contributed by atoms with E-state index in [1.165, 1.54) is 24.2 Å². The monoisotopic (exact) mass is 312 g/mol. The Hall–Kier alpha value is -0.710. The maximum Gasteiger partial charge on any atom is 0.325 e. The third-order valence-corrected chi connectivity index (χ3v) is 5.06. The second kappa shape index (κ2) is 8.06. The van der Waals surface area contributed by atoms with Gasteiger partial charge in [-0.25, -0.2) is 4.79 Å². The average Bonchev–Trinajstić information content (AvgIpc) is 2.67. The fourth-order valence-corrected chi connectivity index (χ4v) is 3.69. The SMILES string of the molecule is O=C1NC2(CCCCCCC2)C(=O)N1CCCCCCS. The van der Waals surface area contributed by atoms with Crippen LogP contribution in [0.3, 0.4) is 0 Å². The molecule has 2 fully saturated rings. The number of unbranched alkanes of at least 4 members (excludes halogenated alkanes) is 3. The quantitative estimate of drug-likeness (QED) is 0.448. The number of nitrogens with one attached hydrogen (secondary N) is 1. The number of hydrogen-bond acceptors (Lipinski definition) is 3. The van der Waals surface area contributed by atoms with E-state index in [9.17, 15) is 9.59 Å². The van der Waals surface area contributed by atoms with Crippen LogP contribution < -0.4 is 5.32 Å². The van der Waals surface area contributed by atoms with Crippen molar-refractivity contribution in [2.45, 2.75) is 76.2 Å². The molecular weight excluding hydrogens is 284 g/mol. The number of carbonyl (C=O) groups excluding carboxylic acids is 2. The number of nitrogens with zero attached hydrogens (tertiary/aromatic N) is 1. The van der Waals surface area contributed by atoms with Gasteiger partial charge in [-0.05, 0) is 31.4 Å². The molecule has 1 heterocycles. The summed E-state index contributed by atoms with van der Waals surface area (Å²) in [7, 11) is 0. The van der Waals surface area contributed by atoms with E-state index in [1.807, 2.05) is 0 Å². The highest BCUT2D eigenvalue weighted by atomic mass is 32.1. The highest BCUT2D eigenvalue weighted by Crippen LogP contribution is 2.32. The second-order valence-corrected chi connectivity index (χ2v) is 6.82. The molecule has 2 aliphatic rings. The van der Waals surface area contributed by atoms with Crippen molar-refractivity contribution in [1.82, 2.24) is 10.2 Å². The number of hydrogen-bond donors (Lipinski definition) is 2. The van der Waals surface area contributed by atoms with Crippen molar-refractivity contribution in [2.75, 3.05) is 12.3 Å². The van der Waals surface area contributed by atoms with Gasteiger partial charge in [0.25, 0.3) is 5.91 Å². The highest BCUT2D eigenvalue weighted by molar-refractivity contribution is 7.80. The molecule has 0 aromatic carbocycles. The van der Waals surface area contributed by atoms with Gasteiger partial charge in [-0.15, -0.1) is 0 Å². The number of imide groups is 1. The Morgan fingerprint density at radius 3 is 2.24 bits per heavy atom.